The van der Waals surface area contributed by atoms with E-state index < -0.39 is 0 Å². The molecule has 1 aromatic heterocycles. The molecule has 2 rings (SSSR count). The van der Waals surface area contributed by atoms with E-state index in [1.165, 1.54) is 6.26 Å². The minimum atomic E-state index is -0.123. The van der Waals surface area contributed by atoms with Crippen molar-refractivity contribution in [3.63, 3.8) is 0 Å². The van der Waals surface area contributed by atoms with Crippen LogP contribution in [-0.2, 0) is 13.1 Å². The predicted octanol–water partition coefficient (Wildman–Crippen LogP) is 2.34. The topological polar surface area (TPSA) is 77.9 Å². The van der Waals surface area contributed by atoms with E-state index in [9.17, 15) is 4.79 Å². The molecule has 0 bridgehead atoms. The molecular formula is C17H22N2O4. The Kier molecular flexibility index (Phi) is 5.28. The molecule has 23 heavy (non-hydrogen) atoms. The van der Waals surface area contributed by atoms with Crippen LogP contribution < -0.4 is 15.2 Å². The SMILES string of the molecule is COc1cc(C)c(CN(C)C(=O)c2coc(CN)c2)cc1OC. The summed E-state index contributed by atoms with van der Waals surface area (Å²) in [7, 11) is 4.93. The van der Waals surface area contributed by atoms with Gasteiger partial charge in [-0.15, -0.1) is 0 Å². The fourth-order valence-corrected chi connectivity index (χ4v) is 2.34. The highest BCUT2D eigenvalue weighted by Crippen LogP contribution is 2.30. The van der Waals surface area contributed by atoms with Crippen LogP contribution in [0.15, 0.2) is 28.9 Å². The maximum atomic E-state index is 12.4. The highest BCUT2D eigenvalue weighted by molar-refractivity contribution is 5.93. The second kappa shape index (κ2) is 7.19. The first-order valence-corrected chi connectivity index (χ1v) is 7.24. The van der Waals surface area contributed by atoms with Crippen LogP contribution in [0, 0.1) is 6.92 Å². The Bertz CT molecular complexity index is 694. The number of methoxy groups -OCH3 is 2. The number of amides is 1. The van der Waals surface area contributed by atoms with Crippen molar-refractivity contribution in [2.24, 2.45) is 5.73 Å². The number of hydrogen-bond acceptors (Lipinski definition) is 5. The number of carbonyl (C=O) groups excluding carboxylic acids is 1. The summed E-state index contributed by atoms with van der Waals surface area (Å²) in [6.45, 7) is 2.69. The molecule has 0 unspecified atom stereocenters. The Hall–Kier alpha value is -2.47. The Balaban J connectivity index is 2.19. The average molecular weight is 318 g/mol. The third kappa shape index (κ3) is 3.65. The van der Waals surface area contributed by atoms with Crippen molar-refractivity contribution in [1.29, 1.82) is 0 Å². The number of furan rings is 1. The van der Waals surface area contributed by atoms with Crippen LogP contribution in [0.5, 0.6) is 11.5 Å². The number of nitrogens with two attached hydrogens (primary N) is 1. The molecule has 6 nitrogen and oxygen atoms in total. The van der Waals surface area contributed by atoms with E-state index in [0.717, 1.165) is 11.1 Å². The molecule has 2 aromatic rings. The number of benzene rings is 1. The smallest absolute Gasteiger partial charge is 0.257 e. The first-order chi connectivity index (χ1) is 11.0. The molecule has 0 spiro atoms. The van der Waals surface area contributed by atoms with Gasteiger partial charge in [0.2, 0.25) is 0 Å². The predicted molar refractivity (Wildman–Crippen MR) is 86.7 cm³/mol. The van der Waals surface area contributed by atoms with E-state index >= 15 is 0 Å². The van der Waals surface area contributed by atoms with Crippen LogP contribution in [0.25, 0.3) is 0 Å². The summed E-state index contributed by atoms with van der Waals surface area (Å²) in [5, 5.41) is 0. The summed E-state index contributed by atoms with van der Waals surface area (Å²) in [6.07, 6.45) is 1.43. The maximum Gasteiger partial charge on any atom is 0.257 e. The minimum absolute atomic E-state index is 0.123. The fourth-order valence-electron chi connectivity index (χ4n) is 2.34. The van der Waals surface area contributed by atoms with Gasteiger partial charge in [-0.25, -0.2) is 0 Å². The molecule has 6 heteroatoms. The molecule has 0 aliphatic rings. The number of nitrogens with zero attached hydrogens (tertiary/aromatic N) is 1. The number of aryl methyl sites for hydroxylation is 1. The molecule has 1 aromatic carbocycles. The molecule has 0 fully saturated rings. The number of rotatable bonds is 6. The number of hydrogen-bond donors (Lipinski definition) is 1. The van der Waals surface area contributed by atoms with E-state index in [1.807, 2.05) is 19.1 Å². The van der Waals surface area contributed by atoms with Crippen LogP contribution in [-0.4, -0.2) is 32.1 Å². The van der Waals surface area contributed by atoms with Gasteiger partial charge in [-0.1, -0.05) is 0 Å². The zero-order valence-corrected chi connectivity index (χ0v) is 13.9. The van der Waals surface area contributed by atoms with Crippen molar-refractivity contribution in [3.8, 4) is 11.5 Å². The van der Waals surface area contributed by atoms with Crippen molar-refractivity contribution in [2.45, 2.75) is 20.0 Å². The van der Waals surface area contributed by atoms with Gasteiger partial charge < -0.3 is 24.5 Å². The first-order valence-electron chi connectivity index (χ1n) is 7.24. The van der Waals surface area contributed by atoms with Crippen molar-refractivity contribution in [1.82, 2.24) is 4.90 Å². The van der Waals surface area contributed by atoms with E-state index in [2.05, 4.69) is 0 Å². The van der Waals surface area contributed by atoms with Gasteiger partial charge in [-0.2, -0.15) is 0 Å². The molecule has 124 valence electrons. The summed E-state index contributed by atoms with van der Waals surface area (Å²) >= 11 is 0. The highest BCUT2D eigenvalue weighted by Gasteiger charge is 2.17. The Morgan fingerprint density at radius 1 is 1.22 bits per heavy atom. The van der Waals surface area contributed by atoms with Crippen molar-refractivity contribution in [3.05, 3.63) is 46.9 Å². The normalized spacial score (nSPS) is 10.5. The van der Waals surface area contributed by atoms with Gasteiger partial charge in [-0.3, -0.25) is 4.79 Å². The second-order valence-corrected chi connectivity index (χ2v) is 5.30. The molecule has 0 aliphatic carbocycles. The zero-order chi connectivity index (χ0) is 17.0. The van der Waals surface area contributed by atoms with Gasteiger partial charge in [0.25, 0.3) is 5.91 Å². The summed E-state index contributed by atoms with van der Waals surface area (Å²) in [6, 6.07) is 5.45. The van der Waals surface area contributed by atoms with Gasteiger partial charge in [0.05, 0.1) is 26.3 Å². The Morgan fingerprint density at radius 3 is 2.43 bits per heavy atom. The van der Waals surface area contributed by atoms with E-state index in [0.29, 0.717) is 29.4 Å². The molecule has 1 heterocycles. The van der Waals surface area contributed by atoms with E-state index in [1.54, 1.807) is 32.2 Å². The Labute approximate surface area is 135 Å². The Morgan fingerprint density at radius 2 is 1.87 bits per heavy atom. The van der Waals surface area contributed by atoms with E-state index in [-0.39, 0.29) is 12.5 Å². The fraction of sp³-hybridized carbons (Fsp3) is 0.353. The van der Waals surface area contributed by atoms with Crippen molar-refractivity contribution >= 4 is 5.91 Å². The van der Waals surface area contributed by atoms with E-state index in [4.69, 9.17) is 19.6 Å². The molecule has 0 saturated carbocycles. The zero-order valence-electron chi connectivity index (χ0n) is 13.9. The first kappa shape index (κ1) is 16.9. The largest absolute Gasteiger partial charge is 0.493 e. The standard InChI is InChI=1S/C17H22N2O4/c1-11-5-15(21-3)16(22-4)7-12(11)9-19(2)17(20)13-6-14(8-18)23-10-13/h5-7,10H,8-9,18H2,1-4H3. The summed E-state index contributed by atoms with van der Waals surface area (Å²) in [4.78, 5) is 14.1. The highest BCUT2D eigenvalue weighted by atomic mass is 16.5. The average Bonchev–Trinajstić information content (AvgIpc) is 3.04. The lowest BCUT2D eigenvalue weighted by Crippen LogP contribution is -2.26. The lowest BCUT2D eigenvalue weighted by molar-refractivity contribution is 0.0784. The molecular weight excluding hydrogens is 296 g/mol. The van der Waals surface area contributed by atoms with Gasteiger partial charge in [0, 0.05) is 13.6 Å². The molecule has 2 N–H and O–H groups in total. The molecule has 0 saturated heterocycles. The lowest BCUT2D eigenvalue weighted by Gasteiger charge is -2.19. The summed E-state index contributed by atoms with van der Waals surface area (Å²) in [5.41, 5.74) is 8.00. The van der Waals surface area contributed by atoms with Crippen molar-refractivity contribution in [2.75, 3.05) is 21.3 Å². The summed E-state index contributed by atoms with van der Waals surface area (Å²) in [5.74, 6) is 1.78. The third-order valence-corrected chi connectivity index (χ3v) is 3.70. The van der Waals surface area contributed by atoms with Gasteiger partial charge in [0.1, 0.15) is 12.0 Å². The van der Waals surface area contributed by atoms with Crippen LogP contribution in [0.4, 0.5) is 0 Å². The van der Waals surface area contributed by atoms with Crippen molar-refractivity contribution < 1.29 is 18.7 Å². The minimum Gasteiger partial charge on any atom is -0.493 e. The maximum absolute atomic E-state index is 12.4. The summed E-state index contributed by atoms with van der Waals surface area (Å²) < 4.78 is 15.8. The second-order valence-electron chi connectivity index (χ2n) is 5.30. The lowest BCUT2D eigenvalue weighted by atomic mass is 10.1. The van der Waals surface area contributed by atoms with Crippen LogP contribution in [0.3, 0.4) is 0 Å². The molecule has 0 aliphatic heterocycles. The molecule has 0 radical (unpaired) electrons. The van der Waals surface area contributed by atoms with Crippen LogP contribution in [0.1, 0.15) is 27.2 Å². The van der Waals surface area contributed by atoms with Gasteiger partial charge in [0.15, 0.2) is 11.5 Å². The van der Waals surface area contributed by atoms with Gasteiger partial charge in [-0.05, 0) is 36.2 Å². The third-order valence-electron chi connectivity index (χ3n) is 3.70. The molecule has 1 amide bonds. The molecule has 0 atom stereocenters. The van der Waals surface area contributed by atoms with Crippen LogP contribution >= 0.6 is 0 Å². The number of carbonyl (C=O) groups is 1. The number of ether oxygens (including phenoxy) is 2. The van der Waals surface area contributed by atoms with Crippen LogP contribution in [0.2, 0.25) is 0 Å². The quantitative estimate of drug-likeness (QED) is 0.884. The van der Waals surface area contributed by atoms with Gasteiger partial charge >= 0.3 is 0 Å². The monoisotopic (exact) mass is 318 g/mol.